The number of carbonyl (C=O) groups excluding carboxylic acids is 3. The van der Waals surface area contributed by atoms with Crippen LogP contribution >= 0.6 is 0 Å². The van der Waals surface area contributed by atoms with E-state index in [0.29, 0.717) is 26.2 Å². The molecular formula is C21H29N3O3. The fourth-order valence-corrected chi connectivity index (χ4v) is 3.93. The number of carbonyl (C=O) groups is 3. The lowest BCUT2D eigenvalue weighted by atomic mass is 9.89. The van der Waals surface area contributed by atoms with E-state index in [1.807, 2.05) is 30.3 Å². The number of hydrogen-bond acceptors (Lipinski definition) is 3. The van der Waals surface area contributed by atoms with Crippen LogP contribution in [0, 0.1) is 11.8 Å². The summed E-state index contributed by atoms with van der Waals surface area (Å²) in [6.45, 7) is 1.84. The van der Waals surface area contributed by atoms with Crippen LogP contribution in [0.3, 0.4) is 0 Å². The van der Waals surface area contributed by atoms with E-state index in [-0.39, 0.29) is 36.0 Å². The first-order chi connectivity index (χ1) is 13.1. The average Bonchev–Trinajstić information content (AvgIpc) is 3.07. The Balaban J connectivity index is 1.36. The van der Waals surface area contributed by atoms with E-state index in [0.717, 1.165) is 31.2 Å². The zero-order valence-corrected chi connectivity index (χ0v) is 15.8. The Morgan fingerprint density at radius 3 is 2.22 bits per heavy atom. The number of amides is 3. The lowest BCUT2D eigenvalue weighted by Crippen LogP contribution is -2.40. The van der Waals surface area contributed by atoms with Gasteiger partial charge >= 0.3 is 0 Å². The Morgan fingerprint density at radius 1 is 0.926 bits per heavy atom. The summed E-state index contributed by atoms with van der Waals surface area (Å²) in [4.78, 5) is 38.3. The zero-order valence-electron chi connectivity index (χ0n) is 15.8. The molecule has 0 bridgehead atoms. The van der Waals surface area contributed by atoms with Crippen molar-refractivity contribution in [3.05, 3.63) is 35.9 Å². The normalized spacial score (nSPS) is 20.5. The van der Waals surface area contributed by atoms with Crippen molar-refractivity contribution in [2.24, 2.45) is 11.8 Å². The Hall–Kier alpha value is -2.37. The summed E-state index contributed by atoms with van der Waals surface area (Å²) < 4.78 is 0. The van der Waals surface area contributed by atoms with Crippen molar-refractivity contribution in [2.45, 2.75) is 45.1 Å². The lowest BCUT2D eigenvalue weighted by molar-refractivity contribution is -0.129. The second kappa shape index (κ2) is 9.53. The highest BCUT2D eigenvalue weighted by molar-refractivity contribution is 5.89. The number of nitrogens with zero attached hydrogens (tertiary/aromatic N) is 1. The van der Waals surface area contributed by atoms with Crippen LogP contribution in [0.2, 0.25) is 0 Å². The molecule has 2 aliphatic rings. The van der Waals surface area contributed by atoms with Gasteiger partial charge in [-0.2, -0.15) is 0 Å². The first kappa shape index (κ1) is 19.4. The molecule has 3 amide bonds. The summed E-state index contributed by atoms with van der Waals surface area (Å²) in [5, 5.41) is 5.77. The molecule has 1 aromatic rings. The topological polar surface area (TPSA) is 78.5 Å². The number of benzene rings is 1. The highest BCUT2D eigenvalue weighted by Gasteiger charge is 2.34. The SMILES string of the molecule is O=C(NCCNC(=O)C1CC(=O)N(Cc2ccccc2)C1)C1CCCCC1. The fraction of sp³-hybridized carbons (Fsp3) is 0.571. The van der Waals surface area contributed by atoms with Crippen molar-refractivity contribution in [3.8, 4) is 0 Å². The standard InChI is InChI=1S/C21H29N3O3/c25-19-13-18(15-24(19)14-16-7-3-1-4-8-16)21(27)23-12-11-22-20(26)17-9-5-2-6-10-17/h1,3-4,7-8,17-18H,2,5-6,9-15H2,(H,22,26)(H,23,27). The molecule has 6 heteroatoms. The van der Waals surface area contributed by atoms with Crippen LogP contribution in [0.5, 0.6) is 0 Å². The third kappa shape index (κ3) is 5.55. The van der Waals surface area contributed by atoms with Crippen molar-refractivity contribution in [3.63, 3.8) is 0 Å². The smallest absolute Gasteiger partial charge is 0.225 e. The van der Waals surface area contributed by atoms with Crippen molar-refractivity contribution in [1.82, 2.24) is 15.5 Å². The van der Waals surface area contributed by atoms with Crippen molar-refractivity contribution in [2.75, 3.05) is 19.6 Å². The van der Waals surface area contributed by atoms with Crippen LogP contribution in [-0.4, -0.2) is 42.3 Å². The van der Waals surface area contributed by atoms with E-state index in [4.69, 9.17) is 0 Å². The molecule has 146 valence electrons. The van der Waals surface area contributed by atoms with Crippen molar-refractivity contribution >= 4 is 17.7 Å². The van der Waals surface area contributed by atoms with E-state index in [1.54, 1.807) is 4.90 Å². The molecule has 1 aromatic carbocycles. The highest BCUT2D eigenvalue weighted by atomic mass is 16.2. The molecule has 1 aliphatic heterocycles. The van der Waals surface area contributed by atoms with Crippen LogP contribution < -0.4 is 10.6 Å². The summed E-state index contributed by atoms with van der Waals surface area (Å²) in [5.74, 6) is -0.159. The van der Waals surface area contributed by atoms with E-state index < -0.39 is 0 Å². The number of rotatable bonds is 7. The minimum atomic E-state index is -0.310. The van der Waals surface area contributed by atoms with Gasteiger partial charge in [-0.05, 0) is 18.4 Å². The van der Waals surface area contributed by atoms with Gasteiger partial charge in [0.25, 0.3) is 0 Å². The molecule has 27 heavy (non-hydrogen) atoms. The molecule has 6 nitrogen and oxygen atoms in total. The first-order valence-corrected chi connectivity index (χ1v) is 10.0. The van der Waals surface area contributed by atoms with Gasteiger partial charge in [-0.1, -0.05) is 49.6 Å². The molecule has 1 atom stereocenters. The first-order valence-electron chi connectivity index (χ1n) is 10.0. The molecule has 1 saturated carbocycles. The monoisotopic (exact) mass is 371 g/mol. The van der Waals surface area contributed by atoms with Crippen LogP contribution in [0.1, 0.15) is 44.1 Å². The number of hydrogen-bond donors (Lipinski definition) is 2. The molecule has 1 unspecified atom stereocenters. The maximum atomic E-state index is 12.3. The quantitative estimate of drug-likeness (QED) is 0.718. The molecule has 2 fully saturated rings. The molecule has 2 N–H and O–H groups in total. The molecule has 0 aromatic heterocycles. The molecule has 3 rings (SSSR count). The van der Waals surface area contributed by atoms with Gasteiger partial charge in [-0.15, -0.1) is 0 Å². The summed E-state index contributed by atoms with van der Waals surface area (Å²) in [6, 6.07) is 9.80. The van der Waals surface area contributed by atoms with Gasteiger partial charge in [0.1, 0.15) is 0 Å². The predicted octanol–water partition coefficient (Wildman–Crippen LogP) is 1.85. The third-order valence-corrected chi connectivity index (χ3v) is 5.50. The lowest BCUT2D eigenvalue weighted by Gasteiger charge is -2.21. The maximum Gasteiger partial charge on any atom is 0.225 e. The summed E-state index contributed by atoms with van der Waals surface area (Å²) in [5.41, 5.74) is 1.07. The largest absolute Gasteiger partial charge is 0.354 e. The van der Waals surface area contributed by atoms with E-state index >= 15 is 0 Å². The predicted molar refractivity (Wildman–Crippen MR) is 103 cm³/mol. The van der Waals surface area contributed by atoms with Crippen LogP contribution in [0.4, 0.5) is 0 Å². The Labute approximate surface area is 160 Å². The molecule has 0 radical (unpaired) electrons. The van der Waals surface area contributed by atoms with E-state index in [1.165, 1.54) is 6.42 Å². The van der Waals surface area contributed by atoms with Gasteiger partial charge in [-0.3, -0.25) is 14.4 Å². The van der Waals surface area contributed by atoms with Gasteiger partial charge < -0.3 is 15.5 Å². The second-order valence-corrected chi connectivity index (χ2v) is 7.58. The van der Waals surface area contributed by atoms with Gasteiger partial charge in [0.05, 0.1) is 5.92 Å². The fourth-order valence-electron chi connectivity index (χ4n) is 3.93. The molecule has 1 heterocycles. The second-order valence-electron chi connectivity index (χ2n) is 7.58. The van der Waals surface area contributed by atoms with E-state index in [9.17, 15) is 14.4 Å². The minimum absolute atomic E-state index is 0.0182. The Bertz CT molecular complexity index is 656. The number of nitrogens with one attached hydrogen (secondary N) is 2. The minimum Gasteiger partial charge on any atom is -0.354 e. The molecule has 1 saturated heterocycles. The van der Waals surface area contributed by atoms with E-state index in [2.05, 4.69) is 10.6 Å². The molecule has 1 aliphatic carbocycles. The Kier molecular flexibility index (Phi) is 6.85. The zero-order chi connectivity index (χ0) is 19.1. The highest BCUT2D eigenvalue weighted by Crippen LogP contribution is 2.23. The number of likely N-dealkylation sites (tertiary alicyclic amines) is 1. The van der Waals surface area contributed by atoms with Crippen LogP contribution in [0.25, 0.3) is 0 Å². The van der Waals surface area contributed by atoms with Crippen molar-refractivity contribution < 1.29 is 14.4 Å². The van der Waals surface area contributed by atoms with Gasteiger partial charge in [0.15, 0.2) is 0 Å². The molecular weight excluding hydrogens is 342 g/mol. The third-order valence-electron chi connectivity index (χ3n) is 5.50. The van der Waals surface area contributed by atoms with Crippen LogP contribution in [-0.2, 0) is 20.9 Å². The summed E-state index contributed by atoms with van der Waals surface area (Å²) >= 11 is 0. The Morgan fingerprint density at radius 2 is 1.56 bits per heavy atom. The van der Waals surface area contributed by atoms with Crippen LogP contribution in [0.15, 0.2) is 30.3 Å². The van der Waals surface area contributed by atoms with Gasteiger partial charge in [0.2, 0.25) is 17.7 Å². The summed E-state index contributed by atoms with van der Waals surface area (Å²) in [7, 11) is 0. The van der Waals surface area contributed by atoms with Gasteiger partial charge in [-0.25, -0.2) is 0 Å². The van der Waals surface area contributed by atoms with Gasteiger partial charge in [0, 0.05) is 38.5 Å². The average molecular weight is 371 g/mol. The maximum absolute atomic E-state index is 12.3. The molecule has 0 spiro atoms. The summed E-state index contributed by atoms with van der Waals surface area (Å²) in [6.07, 6.45) is 5.68. The van der Waals surface area contributed by atoms with Crippen molar-refractivity contribution in [1.29, 1.82) is 0 Å².